The summed E-state index contributed by atoms with van der Waals surface area (Å²) in [5.74, 6) is 0. The van der Waals surface area contributed by atoms with Crippen molar-refractivity contribution in [2.75, 3.05) is 10.6 Å². The first-order valence-corrected chi connectivity index (χ1v) is 6.84. The molecule has 3 rings (SSSR count). The number of amides is 2. The third-order valence-electron chi connectivity index (χ3n) is 2.90. The molecule has 0 aliphatic carbocycles. The molecule has 1 heterocycles. The van der Waals surface area contributed by atoms with Gasteiger partial charge in [0.2, 0.25) is 0 Å². The van der Waals surface area contributed by atoms with E-state index in [-0.39, 0.29) is 0 Å². The Morgan fingerprint density at radius 3 is 2.62 bits per heavy atom. The van der Waals surface area contributed by atoms with Crippen LogP contribution in [0.15, 0.2) is 42.6 Å². The molecule has 21 heavy (non-hydrogen) atoms. The first kappa shape index (κ1) is 13.7. The number of nitrogens with one attached hydrogen (secondary N) is 3. The summed E-state index contributed by atoms with van der Waals surface area (Å²) in [6.07, 6.45) is 1.71. The van der Waals surface area contributed by atoms with Gasteiger partial charge in [-0.25, -0.2) is 4.79 Å². The van der Waals surface area contributed by atoms with Gasteiger partial charge in [-0.05, 0) is 30.3 Å². The molecule has 0 radical (unpaired) electrons. The lowest BCUT2D eigenvalue weighted by Gasteiger charge is -2.10. The number of fused-ring (bicyclic) bond motifs is 1. The third-order valence-corrected chi connectivity index (χ3v) is 3.53. The van der Waals surface area contributed by atoms with Gasteiger partial charge in [-0.15, -0.1) is 0 Å². The number of para-hydroxylation sites is 1. The Balaban J connectivity index is 1.77. The normalized spacial score (nSPS) is 10.6. The SMILES string of the molecule is O=C(Nc1ccc2cn[nH]c2c1)Nc1c(Cl)cccc1Cl. The number of hydrogen-bond acceptors (Lipinski definition) is 2. The second-order valence-electron chi connectivity index (χ2n) is 4.35. The summed E-state index contributed by atoms with van der Waals surface area (Å²) in [7, 11) is 0. The van der Waals surface area contributed by atoms with Gasteiger partial charge in [0.1, 0.15) is 0 Å². The molecule has 3 N–H and O–H groups in total. The van der Waals surface area contributed by atoms with Crippen LogP contribution in [0.4, 0.5) is 16.2 Å². The maximum atomic E-state index is 12.0. The number of aromatic nitrogens is 2. The molecular weight excluding hydrogens is 311 g/mol. The van der Waals surface area contributed by atoms with Crippen LogP contribution in [0, 0.1) is 0 Å². The summed E-state index contributed by atoms with van der Waals surface area (Å²) in [5, 5.41) is 13.8. The van der Waals surface area contributed by atoms with Crippen molar-refractivity contribution in [3.63, 3.8) is 0 Å². The lowest BCUT2D eigenvalue weighted by atomic mass is 10.2. The smallest absolute Gasteiger partial charge is 0.308 e. The van der Waals surface area contributed by atoms with Gasteiger partial charge in [0, 0.05) is 11.1 Å². The first-order valence-electron chi connectivity index (χ1n) is 6.08. The van der Waals surface area contributed by atoms with Crippen LogP contribution in [0.25, 0.3) is 10.9 Å². The Morgan fingerprint density at radius 2 is 1.86 bits per heavy atom. The van der Waals surface area contributed by atoms with E-state index in [9.17, 15) is 4.79 Å². The Morgan fingerprint density at radius 1 is 1.10 bits per heavy atom. The molecule has 3 aromatic rings. The van der Waals surface area contributed by atoms with E-state index in [1.54, 1.807) is 36.5 Å². The maximum Gasteiger partial charge on any atom is 0.323 e. The van der Waals surface area contributed by atoms with E-state index in [0.717, 1.165) is 10.9 Å². The molecular formula is C14H10Cl2N4O. The largest absolute Gasteiger partial charge is 0.323 e. The maximum absolute atomic E-state index is 12.0. The highest BCUT2D eigenvalue weighted by Gasteiger charge is 2.10. The second-order valence-corrected chi connectivity index (χ2v) is 5.16. The van der Waals surface area contributed by atoms with E-state index in [0.29, 0.717) is 21.4 Å². The van der Waals surface area contributed by atoms with Crippen LogP contribution in [0.1, 0.15) is 0 Å². The number of anilines is 2. The van der Waals surface area contributed by atoms with Crippen LogP contribution < -0.4 is 10.6 Å². The fraction of sp³-hybridized carbons (Fsp3) is 0. The molecule has 1 aromatic heterocycles. The van der Waals surface area contributed by atoms with Crippen molar-refractivity contribution in [3.8, 4) is 0 Å². The third kappa shape index (κ3) is 2.94. The number of urea groups is 1. The molecule has 0 saturated carbocycles. The molecule has 5 nitrogen and oxygen atoms in total. The van der Waals surface area contributed by atoms with E-state index in [2.05, 4.69) is 20.8 Å². The molecule has 7 heteroatoms. The highest BCUT2D eigenvalue weighted by molar-refractivity contribution is 6.39. The molecule has 0 aliphatic rings. The highest BCUT2D eigenvalue weighted by Crippen LogP contribution is 2.29. The van der Waals surface area contributed by atoms with Crippen molar-refractivity contribution in [3.05, 3.63) is 52.6 Å². The highest BCUT2D eigenvalue weighted by atomic mass is 35.5. The van der Waals surface area contributed by atoms with Gasteiger partial charge in [-0.1, -0.05) is 29.3 Å². The number of carbonyl (C=O) groups is 1. The molecule has 0 unspecified atom stereocenters. The minimum atomic E-state index is -0.427. The molecule has 2 amide bonds. The molecule has 0 aliphatic heterocycles. The Hall–Kier alpha value is -2.24. The zero-order chi connectivity index (χ0) is 14.8. The molecule has 0 spiro atoms. The Bertz CT molecular complexity index is 795. The van der Waals surface area contributed by atoms with Crippen LogP contribution in [0.3, 0.4) is 0 Å². The lowest BCUT2D eigenvalue weighted by molar-refractivity contribution is 0.262. The van der Waals surface area contributed by atoms with Gasteiger partial charge in [0.15, 0.2) is 0 Å². The number of rotatable bonds is 2. The topological polar surface area (TPSA) is 69.8 Å². The molecule has 0 saturated heterocycles. The van der Waals surface area contributed by atoms with E-state index >= 15 is 0 Å². The van der Waals surface area contributed by atoms with Gasteiger partial charge in [0.05, 0.1) is 27.4 Å². The Kier molecular flexibility index (Phi) is 3.68. The fourth-order valence-corrected chi connectivity index (χ4v) is 2.40. The van der Waals surface area contributed by atoms with E-state index in [1.807, 2.05) is 6.07 Å². The van der Waals surface area contributed by atoms with E-state index in [4.69, 9.17) is 23.2 Å². The van der Waals surface area contributed by atoms with Crippen molar-refractivity contribution in [1.29, 1.82) is 0 Å². The lowest BCUT2D eigenvalue weighted by Crippen LogP contribution is -2.19. The zero-order valence-corrected chi connectivity index (χ0v) is 12.2. The predicted octanol–water partition coefficient (Wildman–Crippen LogP) is 4.51. The van der Waals surface area contributed by atoms with E-state index in [1.165, 1.54) is 0 Å². The summed E-state index contributed by atoms with van der Waals surface area (Å²) in [6, 6.07) is 10.0. The Labute approximate surface area is 130 Å². The van der Waals surface area contributed by atoms with Gasteiger partial charge >= 0.3 is 6.03 Å². The number of H-pyrrole nitrogens is 1. The average molecular weight is 321 g/mol. The first-order chi connectivity index (χ1) is 10.1. The van der Waals surface area contributed by atoms with Crippen LogP contribution in [0.5, 0.6) is 0 Å². The minimum absolute atomic E-state index is 0.376. The monoisotopic (exact) mass is 320 g/mol. The van der Waals surface area contributed by atoms with Crippen LogP contribution in [0.2, 0.25) is 10.0 Å². The average Bonchev–Trinajstić information content (AvgIpc) is 2.90. The number of aromatic amines is 1. The number of hydrogen-bond donors (Lipinski definition) is 3. The minimum Gasteiger partial charge on any atom is -0.308 e. The van der Waals surface area contributed by atoms with Crippen molar-refractivity contribution < 1.29 is 4.79 Å². The van der Waals surface area contributed by atoms with Gasteiger partial charge in [0.25, 0.3) is 0 Å². The molecule has 0 fully saturated rings. The van der Waals surface area contributed by atoms with E-state index < -0.39 is 6.03 Å². The molecule has 0 atom stereocenters. The number of halogens is 2. The van der Waals surface area contributed by atoms with Gasteiger partial charge in [-0.2, -0.15) is 5.10 Å². The summed E-state index contributed by atoms with van der Waals surface area (Å²) in [6.45, 7) is 0. The quantitative estimate of drug-likeness (QED) is 0.650. The zero-order valence-electron chi connectivity index (χ0n) is 10.7. The standard InChI is InChI=1S/C14H10Cl2N4O/c15-10-2-1-3-11(16)13(10)19-14(21)18-9-5-4-8-7-17-20-12(8)6-9/h1-7H,(H,17,20)(H2,18,19,21). The number of nitrogens with zero attached hydrogens (tertiary/aromatic N) is 1. The van der Waals surface area contributed by atoms with Gasteiger partial charge in [-0.3, -0.25) is 5.10 Å². The molecule has 0 bridgehead atoms. The van der Waals surface area contributed by atoms with Crippen molar-refractivity contribution >= 4 is 51.5 Å². The van der Waals surface area contributed by atoms with Crippen molar-refractivity contribution in [2.24, 2.45) is 0 Å². The summed E-state index contributed by atoms with van der Waals surface area (Å²) in [4.78, 5) is 12.0. The van der Waals surface area contributed by atoms with Crippen molar-refractivity contribution in [1.82, 2.24) is 10.2 Å². The predicted molar refractivity (Wildman–Crippen MR) is 85.2 cm³/mol. The van der Waals surface area contributed by atoms with Crippen molar-refractivity contribution in [2.45, 2.75) is 0 Å². The number of benzene rings is 2. The summed E-state index contributed by atoms with van der Waals surface area (Å²) < 4.78 is 0. The van der Waals surface area contributed by atoms with Crippen LogP contribution >= 0.6 is 23.2 Å². The van der Waals surface area contributed by atoms with Gasteiger partial charge < -0.3 is 10.6 Å². The summed E-state index contributed by atoms with van der Waals surface area (Å²) in [5.41, 5.74) is 1.84. The van der Waals surface area contributed by atoms with Crippen LogP contribution in [-0.2, 0) is 0 Å². The molecule has 106 valence electrons. The second kappa shape index (κ2) is 5.63. The molecule has 2 aromatic carbocycles. The number of carbonyl (C=O) groups excluding carboxylic acids is 1. The fourth-order valence-electron chi connectivity index (χ4n) is 1.91. The van der Waals surface area contributed by atoms with Crippen LogP contribution in [-0.4, -0.2) is 16.2 Å². The summed E-state index contributed by atoms with van der Waals surface area (Å²) >= 11 is 12.0.